The lowest BCUT2D eigenvalue weighted by atomic mass is 10.2. The molecule has 0 atom stereocenters. The molecule has 17 heavy (non-hydrogen) atoms. The van der Waals surface area contributed by atoms with E-state index in [2.05, 4.69) is 5.16 Å². The molecule has 0 spiro atoms. The molecule has 0 aromatic carbocycles. The van der Waals surface area contributed by atoms with E-state index in [-0.39, 0.29) is 0 Å². The minimum Gasteiger partial charge on any atom is -0.385 e. The quantitative estimate of drug-likeness (QED) is 0.623. The fourth-order valence-corrected chi connectivity index (χ4v) is 1.29. The Morgan fingerprint density at radius 2 is 1.82 bits per heavy atom. The maximum absolute atomic E-state index is 5.43. The molecule has 0 saturated carbocycles. The minimum atomic E-state index is 0.550. The summed E-state index contributed by atoms with van der Waals surface area (Å²) in [5, 5.41) is 3.76. The number of unbranched alkanes of at least 4 members (excludes halogenated alkanes) is 3. The van der Waals surface area contributed by atoms with Crippen LogP contribution in [0.25, 0.3) is 0 Å². The lowest BCUT2D eigenvalue weighted by Gasteiger charge is -2.02. The molecule has 0 saturated heterocycles. The molecular formula is C13H25NO3. The van der Waals surface area contributed by atoms with Crippen LogP contribution in [0.3, 0.4) is 0 Å². The fourth-order valence-electron chi connectivity index (χ4n) is 1.29. The molecule has 100 valence electrons. The van der Waals surface area contributed by atoms with E-state index in [0.29, 0.717) is 6.61 Å². The van der Waals surface area contributed by atoms with Gasteiger partial charge in [-0.1, -0.05) is 31.8 Å². The monoisotopic (exact) mass is 243 g/mol. The molecule has 0 amide bonds. The molecule has 1 aromatic rings. The average molecular weight is 243 g/mol. The highest BCUT2D eigenvalue weighted by atomic mass is 16.5. The van der Waals surface area contributed by atoms with Crippen molar-refractivity contribution in [3.63, 3.8) is 0 Å². The van der Waals surface area contributed by atoms with Crippen molar-refractivity contribution in [3.8, 4) is 0 Å². The molecule has 1 heterocycles. The molecule has 0 unspecified atom stereocenters. The first-order valence-electron chi connectivity index (χ1n) is 6.39. The molecule has 0 fully saturated rings. The summed E-state index contributed by atoms with van der Waals surface area (Å²) in [5.41, 5.74) is 0.856. The minimum absolute atomic E-state index is 0.550. The van der Waals surface area contributed by atoms with Gasteiger partial charge in [0.05, 0.1) is 6.61 Å². The Hall–Kier alpha value is -0.870. The van der Waals surface area contributed by atoms with Gasteiger partial charge < -0.3 is 14.0 Å². The third kappa shape index (κ3) is 10.0. The zero-order chi connectivity index (χ0) is 12.8. The van der Waals surface area contributed by atoms with Crippen LogP contribution in [0, 0.1) is 0 Å². The molecule has 1 aromatic heterocycles. The van der Waals surface area contributed by atoms with Crippen molar-refractivity contribution in [2.75, 3.05) is 20.3 Å². The maximum Gasteiger partial charge on any atom is 0.124 e. The number of ether oxygens (including phenoxy) is 2. The largest absolute Gasteiger partial charge is 0.385 e. The molecule has 1 rings (SSSR count). The van der Waals surface area contributed by atoms with Crippen molar-refractivity contribution < 1.29 is 14.0 Å². The van der Waals surface area contributed by atoms with Crippen molar-refractivity contribution in [2.45, 2.75) is 46.1 Å². The summed E-state index contributed by atoms with van der Waals surface area (Å²) >= 11 is 0. The molecule has 4 nitrogen and oxygen atoms in total. The van der Waals surface area contributed by atoms with Gasteiger partial charge in [0.15, 0.2) is 0 Å². The van der Waals surface area contributed by atoms with Gasteiger partial charge in [-0.15, -0.1) is 0 Å². The van der Waals surface area contributed by atoms with Gasteiger partial charge in [-0.25, -0.2) is 0 Å². The van der Waals surface area contributed by atoms with Gasteiger partial charge in [0.2, 0.25) is 0 Å². The van der Waals surface area contributed by atoms with Crippen LogP contribution >= 0.6 is 0 Å². The first kappa shape index (κ1) is 16.1. The van der Waals surface area contributed by atoms with Crippen LogP contribution in [0.15, 0.2) is 16.9 Å². The highest BCUT2D eigenvalue weighted by Gasteiger charge is 1.96. The van der Waals surface area contributed by atoms with Crippen molar-refractivity contribution in [3.05, 3.63) is 18.0 Å². The van der Waals surface area contributed by atoms with Gasteiger partial charge in [0.1, 0.15) is 12.0 Å². The zero-order valence-electron chi connectivity index (χ0n) is 11.3. The van der Waals surface area contributed by atoms with Crippen molar-refractivity contribution in [2.24, 2.45) is 0 Å². The number of hydrogen-bond donors (Lipinski definition) is 0. The summed E-state index contributed by atoms with van der Waals surface area (Å²) in [6.07, 6.45) is 6.20. The smallest absolute Gasteiger partial charge is 0.124 e. The topological polar surface area (TPSA) is 44.5 Å². The standard InChI is InChI=1S/C11H19NO3.C2H6/c1-13-7-4-2-3-5-8-14-10-11-6-9-15-12-11;1-2/h6,9H,2-5,7-8,10H2,1H3;1-2H3. The van der Waals surface area contributed by atoms with Gasteiger partial charge in [0, 0.05) is 26.4 Å². The van der Waals surface area contributed by atoms with Crippen molar-refractivity contribution >= 4 is 0 Å². The molecule has 0 aliphatic heterocycles. The Balaban J connectivity index is 0.00000121. The predicted octanol–water partition coefficient (Wildman–Crippen LogP) is 3.42. The first-order valence-corrected chi connectivity index (χ1v) is 6.39. The van der Waals surface area contributed by atoms with Gasteiger partial charge in [0.25, 0.3) is 0 Å². The van der Waals surface area contributed by atoms with Crippen LogP contribution in [-0.2, 0) is 16.1 Å². The number of nitrogens with zero attached hydrogens (tertiary/aromatic N) is 1. The maximum atomic E-state index is 5.43. The number of rotatable bonds is 9. The summed E-state index contributed by atoms with van der Waals surface area (Å²) < 4.78 is 15.1. The van der Waals surface area contributed by atoms with E-state index < -0.39 is 0 Å². The van der Waals surface area contributed by atoms with E-state index in [0.717, 1.165) is 31.7 Å². The van der Waals surface area contributed by atoms with Crippen LogP contribution in [0.1, 0.15) is 45.2 Å². The second kappa shape index (κ2) is 13.2. The lowest BCUT2D eigenvalue weighted by molar-refractivity contribution is 0.111. The second-order valence-corrected chi connectivity index (χ2v) is 3.45. The van der Waals surface area contributed by atoms with Crippen LogP contribution in [0.5, 0.6) is 0 Å². The lowest BCUT2D eigenvalue weighted by Crippen LogP contribution is -1.96. The first-order chi connectivity index (χ1) is 8.43. The Morgan fingerprint density at radius 3 is 2.41 bits per heavy atom. The highest BCUT2D eigenvalue weighted by molar-refractivity contribution is 4.92. The summed E-state index contributed by atoms with van der Waals surface area (Å²) in [4.78, 5) is 0. The Morgan fingerprint density at radius 1 is 1.12 bits per heavy atom. The van der Waals surface area contributed by atoms with E-state index >= 15 is 0 Å². The summed E-state index contributed by atoms with van der Waals surface area (Å²) in [6.45, 7) is 6.20. The van der Waals surface area contributed by atoms with E-state index in [9.17, 15) is 0 Å². The normalized spacial score (nSPS) is 9.82. The molecule has 0 bridgehead atoms. The summed E-state index contributed by atoms with van der Waals surface area (Å²) in [6, 6.07) is 1.82. The Bertz CT molecular complexity index is 225. The second-order valence-electron chi connectivity index (χ2n) is 3.45. The number of hydrogen-bond acceptors (Lipinski definition) is 4. The molecule has 4 heteroatoms. The van der Waals surface area contributed by atoms with Crippen LogP contribution in [0.2, 0.25) is 0 Å². The predicted molar refractivity (Wildman–Crippen MR) is 67.9 cm³/mol. The molecular weight excluding hydrogens is 218 g/mol. The third-order valence-corrected chi connectivity index (χ3v) is 2.13. The molecule has 0 aliphatic carbocycles. The van der Waals surface area contributed by atoms with Crippen LogP contribution in [-0.4, -0.2) is 25.5 Å². The van der Waals surface area contributed by atoms with Crippen LogP contribution < -0.4 is 0 Å². The van der Waals surface area contributed by atoms with Gasteiger partial charge in [-0.2, -0.15) is 0 Å². The third-order valence-electron chi connectivity index (χ3n) is 2.13. The van der Waals surface area contributed by atoms with E-state index in [1.807, 2.05) is 19.9 Å². The van der Waals surface area contributed by atoms with Gasteiger partial charge >= 0.3 is 0 Å². The molecule has 0 N–H and O–H groups in total. The zero-order valence-corrected chi connectivity index (χ0v) is 11.3. The average Bonchev–Trinajstić information content (AvgIpc) is 2.88. The van der Waals surface area contributed by atoms with Crippen molar-refractivity contribution in [1.82, 2.24) is 5.16 Å². The summed E-state index contributed by atoms with van der Waals surface area (Å²) in [7, 11) is 1.74. The molecule has 0 aliphatic rings. The molecule has 0 radical (unpaired) electrons. The van der Waals surface area contributed by atoms with E-state index in [1.165, 1.54) is 12.8 Å². The van der Waals surface area contributed by atoms with Gasteiger partial charge in [-0.05, 0) is 12.8 Å². The van der Waals surface area contributed by atoms with Crippen LogP contribution in [0.4, 0.5) is 0 Å². The number of methoxy groups -OCH3 is 1. The van der Waals surface area contributed by atoms with E-state index in [1.54, 1.807) is 13.4 Å². The fraction of sp³-hybridized carbons (Fsp3) is 0.769. The Kier molecular flexibility index (Phi) is 12.5. The highest BCUT2D eigenvalue weighted by Crippen LogP contribution is 2.02. The van der Waals surface area contributed by atoms with E-state index in [4.69, 9.17) is 14.0 Å². The SMILES string of the molecule is CC.COCCCCCCOCc1ccon1. The number of aromatic nitrogens is 1. The van der Waals surface area contributed by atoms with Crippen molar-refractivity contribution in [1.29, 1.82) is 0 Å². The summed E-state index contributed by atoms with van der Waals surface area (Å²) in [5.74, 6) is 0. The Labute approximate surface area is 104 Å². The van der Waals surface area contributed by atoms with Gasteiger partial charge in [-0.3, -0.25) is 0 Å².